The lowest BCUT2D eigenvalue weighted by molar-refractivity contribution is 0.389. The second-order valence-corrected chi connectivity index (χ2v) is 7.11. The molecule has 1 heterocycles. The zero-order chi connectivity index (χ0) is 16.8. The molecule has 0 radical (unpaired) electrons. The Balaban J connectivity index is 0.000000231. The van der Waals surface area contributed by atoms with Crippen LogP contribution in [-0.2, 0) is 10.3 Å². The topological polar surface area (TPSA) is 115 Å². The number of nitrogens with one attached hydrogen (secondary N) is 5. The Hall–Kier alpha value is -0.290. The van der Waals surface area contributed by atoms with E-state index in [1.807, 2.05) is 0 Å². The van der Waals surface area contributed by atoms with Crippen molar-refractivity contribution in [1.82, 2.24) is 26.0 Å². The monoisotopic (exact) mass is 351 g/mol. The Morgan fingerprint density at radius 1 is 0.696 bits per heavy atom. The maximum atomic E-state index is 10.3. The highest BCUT2D eigenvalue weighted by molar-refractivity contribution is 7.83. The molecule has 2 fully saturated rings. The van der Waals surface area contributed by atoms with Gasteiger partial charge in [-0.3, -0.25) is 4.55 Å². The van der Waals surface area contributed by atoms with Crippen LogP contribution in [-0.4, -0.2) is 71.4 Å². The van der Waals surface area contributed by atoms with E-state index in [-0.39, 0.29) is 6.04 Å². The van der Waals surface area contributed by atoms with Gasteiger partial charge < -0.3 is 21.3 Å². The predicted molar refractivity (Wildman–Crippen MR) is 93.0 cm³/mol. The molecule has 0 spiro atoms. The minimum Gasteiger partial charge on any atom is -0.314 e. The van der Waals surface area contributed by atoms with Crippen LogP contribution in [0.1, 0.15) is 32.1 Å². The van der Waals surface area contributed by atoms with Gasteiger partial charge in [-0.1, -0.05) is 19.3 Å². The average Bonchev–Trinajstić information content (AvgIpc) is 2.48. The molecule has 1 aliphatic heterocycles. The van der Waals surface area contributed by atoms with Gasteiger partial charge in [-0.2, -0.15) is 13.1 Å². The van der Waals surface area contributed by atoms with E-state index in [0.717, 1.165) is 78.0 Å². The van der Waals surface area contributed by atoms with Crippen molar-refractivity contribution in [2.24, 2.45) is 0 Å². The minimum absolute atomic E-state index is 0.0428. The fraction of sp³-hybridized carbons (Fsp3) is 1.00. The maximum absolute atomic E-state index is 10.3. The van der Waals surface area contributed by atoms with Crippen molar-refractivity contribution in [2.45, 2.75) is 38.1 Å². The Morgan fingerprint density at radius 2 is 1.04 bits per heavy atom. The van der Waals surface area contributed by atoms with Gasteiger partial charge in [0.15, 0.2) is 0 Å². The molecular formula is C14H33N5O3S. The van der Waals surface area contributed by atoms with Crippen molar-refractivity contribution in [1.29, 1.82) is 0 Å². The second-order valence-electron chi connectivity index (χ2n) is 5.93. The van der Waals surface area contributed by atoms with Crippen molar-refractivity contribution < 1.29 is 13.0 Å². The summed E-state index contributed by atoms with van der Waals surface area (Å²) in [6.07, 6.45) is 4.96. The van der Waals surface area contributed by atoms with E-state index in [9.17, 15) is 8.42 Å². The van der Waals surface area contributed by atoms with Gasteiger partial charge in [0, 0.05) is 58.4 Å². The van der Waals surface area contributed by atoms with Crippen LogP contribution < -0.4 is 26.0 Å². The van der Waals surface area contributed by atoms with Gasteiger partial charge in [-0.15, -0.1) is 0 Å². The first-order valence-electron chi connectivity index (χ1n) is 8.65. The lowest BCUT2D eigenvalue weighted by atomic mass is 9.96. The summed E-state index contributed by atoms with van der Waals surface area (Å²) < 4.78 is 31.3. The molecule has 0 aromatic carbocycles. The lowest BCUT2D eigenvalue weighted by Crippen LogP contribution is -2.39. The van der Waals surface area contributed by atoms with Crippen molar-refractivity contribution in [3.63, 3.8) is 0 Å². The third kappa shape index (κ3) is 13.8. The number of rotatable bonds is 2. The van der Waals surface area contributed by atoms with Crippen LogP contribution in [0.25, 0.3) is 0 Å². The van der Waals surface area contributed by atoms with E-state index in [2.05, 4.69) is 26.0 Å². The lowest BCUT2D eigenvalue weighted by Gasteiger charge is -2.20. The molecule has 0 atom stereocenters. The summed E-state index contributed by atoms with van der Waals surface area (Å²) >= 11 is 0. The first-order chi connectivity index (χ1) is 11.1. The molecule has 138 valence electrons. The highest BCUT2D eigenvalue weighted by Crippen LogP contribution is 2.17. The fourth-order valence-electron chi connectivity index (χ4n) is 2.64. The molecule has 0 amide bonds. The number of hydrogen-bond acceptors (Lipinski definition) is 6. The first-order valence-corrected chi connectivity index (χ1v) is 10.1. The Labute approximate surface area is 140 Å². The Morgan fingerprint density at radius 3 is 1.35 bits per heavy atom. The van der Waals surface area contributed by atoms with E-state index in [1.165, 1.54) is 6.42 Å². The molecule has 0 aromatic heterocycles. The highest BCUT2D eigenvalue weighted by atomic mass is 32.2. The van der Waals surface area contributed by atoms with Gasteiger partial charge in [0.25, 0.3) is 0 Å². The van der Waals surface area contributed by atoms with Crippen LogP contribution in [0.15, 0.2) is 0 Å². The third-order valence-electron chi connectivity index (χ3n) is 3.83. The maximum Gasteiger partial charge on any atom is 0.333 e. The van der Waals surface area contributed by atoms with Crippen molar-refractivity contribution >= 4 is 10.3 Å². The van der Waals surface area contributed by atoms with E-state index < -0.39 is 10.3 Å². The molecule has 1 saturated carbocycles. The van der Waals surface area contributed by atoms with E-state index in [0.29, 0.717) is 0 Å². The summed E-state index contributed by atoms with van der Waals surface area (Å²) in [5.74, 6) is 0. The van der Waals surface area contributed by atoms with E-state index in [4.69, 9.17) is 4.55 Å². The quantitative estimate of drug-likeness (QED) is 0.356. The van der Waals surface area contributed by atoms with Crippen molar-refractivity contribution in [2.75, 3.05) is 52.4 Å². The highest BCUT2D eigenvalue weighted by Gasteiger charge is 2.17. The molecule has 2 rings (SSSR count). The van der Waals surface area contributed by atoms with Gasteiger partial charge in [0.05, 0.1) is 0 Å². The number of hydrogen-bond donors (Lipinski definition) is 6. The third-order valence-corrected chi connectivity index (χ3v) is 4.47. The van der Waals surface area contributed by atoms with Gasteiger partial charge in [-0.25, -0.2) is 0 Å². The summed E-state index contributed by atoms with van der Waals surface area (Å²) in [4.78, 5) is 0. The summed E-state index contributed by atoms with van der Waals surface area (Å²) in [6, 6.07) is -0.0428. The van der Waals surface area contributed by atoms with Crippen LogP contribution in [0.3, 0.4) is 0 Å². The van der Waals surface area contributed by atoms with Crippen LogP contribution >= 0.6 is 0 Å². The van der Waals surface area contributed by atoms with Crippen molar-refractivity contribution in [3.05, 3.63) is 0 Å². The summed E-state index contributed by atoms with van der Waals surface area (Å²) in [5, 5.41) is 13.4. The molecule has 0 bridgehead atoms. The molecule has 2 aliphatic rings. The van der Waals surface area contributed by atoms with Crippen molar-refractivity contribution in [3.8, 4) is 0 Å². The normalized spacial score (nSPS) is 23.0. The van der Waals surface area contributed by atoms with Gasteiger partial charge >= 0.3 is 10.3 Å². The molecule has 8 nitrogen and oxygen atoms in total. The largest absolute Gasteiger partial charge is 0.333 e. The SMILES string of the molecule is C1CNCCNCCNCCN1.O=S(=O)(O)NC1CCCCC1. The van der Waals surface area contributed by atoms with Gasteiger partial charge in [0.1, 0.15) is 0 Å². The Kier molecular flexibility index (Phi) is 11.8. The summed E-state index contributed by atoms with van der Waals surface area (Å²) in [5.41, 5.74) is 0. The predicted octanol–water partition coefficient (Wildman–Crippen LogP) is -0.930. The second kappa shape index (κ2) is 13.1. The first kappa shape index (κ1) is 20.8. The molecule has 23 heavy (non-hydrogen) atoms. The van der Waals surface area contributed by atoms with Crippen LogP contribution in [0.2, 0.25) is 0 Å². The van der Waals surface area contributed by atoms with E-state index >= 15 is 0 Å². The fourth-order valence-corrected chi connectivity index (χ4v) is 3.30. The standard InChI is InChI=1S/C8H20N4.C6H13NO3S/c1-2-10-5-6-12-8-7-11-4-3-9-1;8-11(9,10)7-6-4-2-1-3-5-6/h9-12H,1-8H2;6-7H,1-5H2,(H,8,9,10). The van der Waals surface area contributed by atoms with Gasteiger partial charge in [-0.05, 0) is 12.8 Å². The minimum atomic E-state index is -3.97. The molecular weight excluding hydrogens is 318 g/mol. The summed E-state index contributed by atoms with van der Waals surface area (Å²) in [7, 11) is -3.97. The zero-order valence-corrected chi connectivity index (χ0v) is 14.8. The molecule has 9 heteroatoms. The Bertz CT molecular complexity index is 332. The molecule has 0 unspecified atom stereocenters. The zero-order valence-electron chi connectivity index (χ0n) is 13.9. The molecule has 6 N–H and O–H groups in total. The van der Waals surface area contributed by atoms with Gasteiger partial charge in [0.2, 0.25) is 0 Å². The summed E-state index contributed by atoms with van der Waals surface area (Å²) in [6.45, 7) is 8.57. The van der Waals surface area contributed by atoms with Crippen LogP contribution in [0, 0.1) is 0 Å². The molecule has 0 aromatic rings. The smallest absolute Gasteiger partial charge is 0.314 e. The molecule has 1 saturated heterocycles. The van der Waals surface area contributed by atoms with Crippen LogP contribution in [0.4, 0.5) is 0 Å². The molecule has 1 aliphatic carbocycles. The average molecular weight is 352 g/mol. The van der Waals surface area contributed by atoms with Crippen LogP contribution in [0.5, 0.6) is 0 Å². The van der Waals surface area contributed by atoms with E-state index in [1.54, 1.807) is 0 Å².